The van der Waals surface area contributed by atoms with Crippen molar-refractivity contribution in [2.24, 2.45) is 5.92 Å². The molecule has 1 fully saturated rings. The third kappa shape index (κ3) is 3.49. The van der Waals surface area contributed by atoms with E-state index < -0.39 is 0 Å². The minimum absolute atomic E-state index is 0.681. The van der Waals surface area contributed by atoms with Crippen molar-refractivity contribution in [1.29, 1.82) is 0 Å². The zero-order valence-electron chi connectivity index (χ0n) is 13.1. The highest BCUT2D eigenvalue weighted by Gasteiger charge is 2.24. The fourth-order valence-electron chi connectivity index (χ4n) is 2.36. The highest BCUT2D eigenvalue weighted by Crippen LogP contribution is 2.24. The first-order valence-corrected chi connectivity index (χ1v) is 7.56. The third-order valence-electron chi connectivity index (χ3n) is 3.69. The Morgan fingerprint density at radius 1 is 1.25 bits per heavy atom. The van der Waals surface area contributed by atoms with E-state index in [9.17, 15) is 0 Å². The summed E-state index contributed by atoms with van der Waals surface area (Å²) in [6.07, 6.45) is 3.51. The van der Waals surface area contributed by atoms with Gasteiger partial charge in [-0.2, -0.15) is 15.0 Å². The van der Waals surface area contributed by atoms with Crippen LogP contribution in [-0.4, -0.2) is 48.7 Å². The summed E-state index contributed by atoms with van der Waals surface area (Å²) in [6.45, 7) is 7.37. The first-order chi connectivity index (χ1) is 9.63. The first-order valence-electron chi connectivity index (χ1n) is 7.56. The van der Waals surface area contributed by atoms with Gasteiger partial charge in [0.15, 0.2) is 0 Å². The van der Waals surface area contributed by atoms with Crippen molar-refractivity contribution in [3.8, 4) is 0 Å². The molecule has 6 heteroatoms. The third-order valence-corrected chi connectivity index (χ3v) is 3.69. The fourth-order valence-corrected chi connectivity index (χ4v) is 2.36. The molecule has 0 amide bonds. The van der Waals surface area contributed by atoms with E-state index in [1.54, 1.807) is 0 Å². The highest BCUT2D eigenvalue weighted by molar-refractivity contribution is 5.45. The molecule has 1 N–H and O–H groups in total. The molecule has 0 bridgehead atoms. The average Bonchev–Trinajstić information content (AvgIpc) is 2.93. The van der Waals surface area contributed by atoms with Crippen LogP contribution >= 0.6 is 0 Å². The van der Waals surface area contributed by atoms with Crippen LogP contribution in [0.2, 0.25) is 0 Å². The van der Waals surface area contributed by atoms with Gasteiger partial charge >= 0.3 is 0 Å². The highest BCUT2D eigenvalue weighted by atomic mass is 15.4. The molecule has 1 aromatic heterocycles. The van der Waals surface area contributed by atoms with Crippen LogP contribution in [0.25, 0.3) is 0 Å². The van der Waals surface area contributed by atoms with Gasteiger partial charge in [-0.25, -0.2) is 0 Å². The summed E-state index contributed by atoms with van der Waals surface area (Å²) in [5.74, 6) is 2.97. The molecular weight excluding hydrogens is 252 g/mol. The molecule has 0 radical (unpaired) electrons. The molecule has 0 saturated carbocycles. The van der Waals surface area contributed by atoms with Gasteiger partial charge in [-0.05, 0) is 18.8 Å². The molecule has 112 valence electrons. The van der Waals surface area contributed by atoms with Gasteiger partial charge in [0.25, 0.3) is 0 Å². The average molecular weight is 278 g/mol. The molecule has 2 heterocycles. The molecule has 2 rings (SSSR count). The maximum atomic E-state index is 4.58. The summed E-state index contributed by atoms with van der Waals surface area (Å²) in [5.41, 5.74) is 0. The minimum Gasteiger partial charge on any atom is -0.354 e. The van der Waals surface area contributed by atoms with Crippen molar-refractivity contribution in [1.82, 2.24) is 15.0 Å². The van der Waals surface area contributed by atoms with Crippen LogP contribution in [0.1, 0.15) is 33.1 Å². The molecular formula is C14H26N6. The van der Waals surface area contributed by atoms with Crippen LogP contribution in [-0.2, 0) is 0 Å². The van der Waals surface area contributed by atoms with Crippen LogP contribution in [0.4, 0.5) is 17.8 Å². The normalized spacial score (nSPS) is 18.4. The van der Waals surface area contributed by atoms with Gasteiger partial charge in [-0.15, -0.1) is 0 Å². The number of anilines is 3. The lowest BCUT2D eigenvalue weighted by molar-refractivity contribution is 0.568. The van der Waals surface area contributed by atoms with Crippen molar-refractivity contribution in [2.45, 2.75) is 33.1 Å². The van der Waals surface area contributed by atoms with E-state index >= 15 is 0 Å². The second-order valence-corrected chi connectivity index (χ2v) is 5.59. The van der Waals surface area contributed by atoms with E-state index in [1.807, 2.05) is 19.0 Å². The van der Waals surface area contributed by atoms with Crippen LogP contribution in [0.5, 0.6) is 0 Å². The molecule has 1 saturated heterocycles. The molecule has 0 spiro atoms. The standard InChI is InChI=1S/C14H26N6/c1-5-8-15-12-16-13(19(3)4)18-14(17-12)20-9-7-11(6-2)10-20/h11H,5-10H2,1-4H3,(H,15,16,17,18). The summed E-state index contributed by atoms with van der Waals surface area (Å²) >= 11 is 0. The Kier molecular flexibility index (Phi) is 4.98. The Bertz CT molecular complexity index is 434. The minimum atomic E-state index is 0.681. The second-order valence-electron chi connectivity index (χ2n) is 5.59. The largest absolute Gasteiger partial charge is 0.354 e. The smallest absolute Gasteiger partial charge is 0.231 e. The zero-order chi connectivity index (χ0) is 14.5. The molecule has 6 nitrogen and oxygen atoms in total. The second kappa shape index (κ2) is 6.72. The quantitative estimate of drug-likeness (QED) is 0.859. The summed E-state index contributed by atoms with van der Waals surface area (Å²) in [7, 11) is 3.92. The number of hydrogen-bond acceptors (Lipinski definition) is 6. The van der Waals surface area contributed by atoms with Crippen molar-refractivity contribution in [3.63, 3.8) is 0 Å². The number of hydrogen-bond donors (Lipinski definition) is 1. The van der Waals surface area contributed by atoms with Crippen molar-refractivity contribution in [2.75, 3.05) is 48.8 Å². The number of nitrogens with zero attached hydrogens (tertiary/aromatic N) is 5. The SMILES string of the molecule is CCCNc1nc(N(C)C)nc(N2CCC(CC)C2)n1. The predicted octanol–water partition coefficient (Wildman–Crippen LogP) is 2.00. The maximum Gasteiger partial charge on any atom is 0.231 e. The number of rotatable bonds is 6. The van der Waals surface area contributed by atoms with Crippen LogP contribution in [0, 0.1) is 5.92 Å². The van der Waals surface area contributed by atoms with Gasteiger partial charge in [-0.3, -0.25) is 0 Å². The lowest BCUT2D eigenvalue weighted by Crippen LogP contribution is -2.25. The maximum absolute atomic E-state index is 4.58. The lowest BCUT2D eigenvalue weighted by Gasteiger charge is -2.19. The zero-order valence-corrected chi connectivity index (χ0v) is 13.1. The van der Waals surface area contributed by atoms with Crippen molar-refractivity contribution in [3.05, 3.63) is 0 Å². The summed E-state index contributed by atoms with van der Waals surface area (Å²) in [4.78, 5) is 17.8. The summed E-state index contributed by atoms with van der Waals surface area (Å²) in [5, 5.41) is 3.26. The van der Waals surface area contributed by atoms with Crippen LogP contribution < -0.4 is 15.1 Å². The Labute approximate surface area is 121 Å². The molecule has 1 unspecified atom stereocenters. The Morgan fingerprint density at radius 2 is 2.05 bits per heavy atom. The number of nitrogens with one attached hydrogen (secondary N) is 1. The monoisotopic (exact) mass is 278 g/mol. The lowest BCUT2D eigenvalue weighted by atomic mass is 10.1. The Morgan fingerprint density at radius 3 is 2.65 bits per heavy atom. The van der Waals surface area contributed by atoms with Gasteiger partial charge in [0.2, 0.25) is 17.8 Å². The van der Waals surface area contributed by atoms with Gasteiger partial charge in [-0.1, -0.05) is 20.3 Å². The molecule has 20 heavy (non-hydrogen) atoms. The van der Waals surface area contributed by atoms with Crippen molar-refractivity contribution >= 4 is 17.8 Å². The van der Waals surface area contributed by atoms with E-state index in [0.717, 1.165) is 37.9 Å². The van der Waals surface area contributed by atoms with E-state index in [0.29, 0.717) is 11.9 Å². The van der Waals surface area contributed by atoms with Gasteiger partial charge in [0.05, 0.1) is 0 Å². The predicted molar refractivity (Wildman–Crippen MR) is 83.5 cm³/mol. The van der Waals surface area contributed by atoms with Gasteiger partial charge < -0.3 is 15.1 Å². The van der Waals surface area contributed by atoms with E-state index in [1.165, 1.54) is 12.8 Å². The molecule has 1 aromatic rings. The molecule has 1 aliphatic heterocycles. The van der Waals surface area contributed by atoms with E-state index in [2.05, 4.69) is 39.0 Å². The summed E-state index contributed by atoms with van der Waals surface area (Å²) in [6, 6.07) is 0. The Hall–Kier alpha value is -1.59. The van der Waals surface area contributed by atoms with E-state index in [-0.39, 0.29) is 0 Å². The summed E-state index contributed by atoms with van der Waals surface area (Å²) < 4.78 is 0. The first kappa shape index (κ1) is 14.8. The van der Waals surface area contributed by atoms with Crippen LogP contribution in [0.3, 0.4) is 0 Å². The van der Waals surface area contributed by atoms with Gasteiger partial charge in [0.1, 0.15) is 0 Å². The fraction of sp³-hybridized carbons (Fsp3) is 0.786. The molecule has 1 aliphatic rings. The van der Waals surface area contributed by atoms with Crippen molar-refractivity contribution < 1.29 is 0 Å². The Balaban J connectivity index is 2.20. The number of aromatic nitrogens is 3. The molecule has 0 aromatic carbocycles. The van der Waals surface area contributed by atoms with Gasteiger partial charge in [0, 0.05) is 33.7 Å². The molecule has 1 atom stereocenters. The molecule has 0 aliphatic carbocycles. The van der Waals surface area contributed by atoms with Crippen LogP contribution in [0.15, 0.2) is 0 Å². The van der Waals surface area contributed by atoms with E-state index in [4.69, 9.17) is 0 Å². The topological polar surface area (TPSA) is 57.2 Å².